The Morgan fingerprint density at radius 2 is 0.880 bits per heavy atom. The number of aliphatic hydroxyl groups is 3. The highest BCUT2D eigenvalue weighted by Crippen LogP contribution is 2.48. The Bertz CT molecular complexity index is 5440. The number of halogens is 2. The van der Waals surface area contributed by atoms with Gasteiger partial charge in [0.2, 0.25) is 0 Å². The second kappa shape index (κ2) is 43.8. The molecule has 3 saturated heterocycles. The van der Waals surface area contributed by atoms with Crippen LogP contribution < -0.4 is 20.5 Å². The number of aromatic nitrogens is 7. The number of piperidine rings is 3. The molecule has 1 saturated carbocycles. The number of carbonyl (C=O) groups is 3. The zero-order chi connectivity index (χ0) is 91.3. The summed E-state index contributed by atoms with van der Waals surface area (Å²) in [5, 5.41) is 38.0. The van der Waals surface area contributed by atoms with Crippen molar-refractivity contribution >= 4 is 95.5 Å². The zero-order valence-electron chi connectivity index (χ0n) is 75.4. The molecule has 15 rings (SSSR count). The number of ether oxygens (including phenoxy) is 4. The van der Waals surface area contributed by atoms with Crippen LogP contribution in [0.4, 0.5) is 26.8 Å². The standard InChI is InChI=1S/C30H29N3O2.C17H11IN2O.C17H26N2O3.C12H18N2O.C10H17NO3.C7H8BrN.C7H10N2/c1-19-16-20(2)33-27(17-19)30(34)14-12-22(13-15-30)26-18-32-28-24(6-5-7-25(28)29(26)35-4)21-8-10-23(31-3)11-9-21;1-19-12-8-6-11(7-9-12)13-4-3-5-14-16(13)20-10-15(18)17(14)21-2;1-12-10-13(2)18-14(11-12)17(21)6-8-19(9-7-17)15(20)22-16(3,4)5;1-9-7-10(2)14-11(8-9)12(15)3-5-13-6-4-12;1-10(2,3)14-9(13)11-6-4-8(12)5-7-11;2*1-5-3-6(2)9-7(8)4-5/h5-11,16-18,22,34H,12-15H2,1-2,4H3;3-10H,2H3;10-11,21H,6-9H2,1-5H3;7-8,13,15H,3-6H2,1-2H3;4-7H2,1-3H3;3-4H,1-2H3;3-4H,1-2H3,(H2,8,9). The lowest BCUT2D eigenvalue weighted by Crippen LogP contribution is -2.47. The number of benzene rings is 4. The van der Waals surface area contributed by atoms with E-state index in [0.29, 0.717) is 87.6 Å². The number of nitrogens with two attached hydrogens (primary N) is 1. The van der Waals surface area contributed by atoms with Gasteiger partial charge in [0.05, 0.1) is 59.0 Å². The number of anilines is 1. The summed E-state index contributed by atoms with van der Waals surface area (Å²) in [6.45, 7) is 48.9. The molecule has 0 unspecified atom stereocenters. The Kier molecular flexibility index (Phi) is 34.3. The number of aryl methyl sites for hydroxylation is 10. The van der Waals surface area contributed by atoms with Crippen molar-refractivity contribution in [3.8, 4) is 33.8 Å². The maximum absolute atomic E-state index is 12.1. The van der Waals surface area contributed by atoms with Gasteiger partial charge >= 0.3 is 12.2 Å². The van der Waals surface area contributed by atoms with E-state index < -0.39 is 28.0 Å². The van der Waals surface area contributed by atoms with E-state index >= 15 is 0 Å². The Morgan fingerprint density at radius 3 is 1.26 bits per heavy atom. The smallest absolute Gasteiger partial charge is 0.410 e. The Hall–Kier alpha value is -10.9. The highest BCUT2D eigenvalue weighted by Gasteiger charge is 2.40. The van der Waals surface area contributed by atoms with Gasteiger partial charge in [0, 0.05) is 107 Å². The van der Waals surface area contributed by atoms with Gasteiger partial charge in [0.15, 0.2) is 11.4 Å². The van der Waals surface area contributed by atoms with Crippen molar-refractivity contribution in [2.75, 3.05) is 59.2 Å². The minimum Gasteiger partial charge on any atom is -0.496 e. The van der Waals surface area contributed by atoms with E-state index in [1.54, 1.807) is 24.0 Å². The summed E-state index contributed by atoms with van der Waals surface area (Å²) in [5.74, 6) is 2.79. The molecule has 23 nitrogen and oxygen atoms in total. The van der Waals surface area contributed by atoms with Gasteiger partial charge in [0.25, 0.3) is 0 Å². The number of pyridine rings is 7. The highest BCUT2D eigenvalue weighted by molar-refractivity contribution is 14.1. The molecule has 125 heavy (non-hydrogen) atoms. The van der Waals surface area contributed by atoms with Crippen LogP contribution in [0, 0.1) is 86.0 Å². The van der Waals surface area contributed by atoms with E-state index in [1.165, 1.54) is 16.7 Å². The highest BCUT2D eigenvalue weighted by atomic mass is 127. The van der Waals surface area contributed by atoms with Crippen LogP contribution in [0.25, 0.3) is 53.7 Å². The average molecular weight is 1870 g/mol. The summed E-state index contributed by atoms with van der Waals surface area (Å²) in [5.41, 5.74) is 23.2. The number of rotatable bonds is 8. The third-order valence-electron chi connectivity index (χ3n) is 21.5. The summed E-state index contributed by atoms with van der Waals surface area (Å²) in [4.78, 5) is 75.9. The molecule has 2 amide bonds. The minimum absolute atomic E-state index is 0.227. The molecule has 11 aromatic rings. The number of nitrogens with one attached hydrogen (secondary N) is 1. The van der Waals surface area contributed by atoms with Crippen molar-refractivity contribution in [1.29, 1.82) is 0 Å². The van der Waals surface area contributed by atoms with Crippen LogP contribution in [0.15, 0.2) is 163 Å². The first kappa shape index (κ1) is 97.9. The van der Waals surface area contributed by atoms with Crippen LogP contribution in [0.3, 0.4) is 0 Å². The van der Waals surface area contributed by atoms with Gasteiger partial charge in [-0.2, -0.15) is 0 Å². The number of para-hydroxylation sites is 2. The summed E-state index contributed by atoms with van der Waals surface area (Å²) in [7, 11) is 3.39. The van der Waals surface area contributed by atoms with E-state index in [4.69, 9.17) is 42.8 Å². The molecule has 0 bridgehead atoms. The largest absolute Gasteiger partial charge is 0.496 e. The normalized spacial score (nSPS) is 16.4. The van der Waals surface area contributed by atoms with Crippen LogP contribution in [-0.2, 0) is 31.1 Å². The van der Waals surface area contributed by atoms with Gasteiger partial charge in [-0.05, 0) is 331 Å². The van der Waals surface area contributed by atoms with Crippen molar-refractivity contribution < 1.29 is 48.7 Å². The van der Waals surface area contributed by atoms with Crippen LogP contribution in [0.1, 0.15) is 191 Å². The van der Waals surface area contributed by atoms with E-state index in [2.05, 4.69) is 102 Å². The predicted octanol–water partition coefficient (Wildman–Crippen LogP) is 21.6. The molecule has 25 heteroatoms. The van der Waals surface area contributed by atoms with Gasteiger partial charge in [0.1, 0.15) is 55.7 Å². The first-order valence-electron chi connectivity index (χ1n) is 42.2. The number of hydrogen-bond donors (Lipinski definition) is 5. The fourth-order valence-electron chi connectivity index (χ4n) is 15.6. The second-order valence-electron chi connectivity index (χ2n) is 34.5. The van der Waals surface area contributed by atoms with Gasteiger partial charge in [-0.3, -0.25) is 29.7 Å². The van der Waals surface area contributed by atoms with Gasteiger partial charge in [-0.25, -0.2) is 29.2 Å². The van der Waals surface area contributed by atoms with E-state index in [0.717, 1.165) is 159 Å². The second-order valence-corrected chi connectivity index (χ2v) is 36.5. The molecule has 6 N–H and O–H groups in total. The predicted molar refractivity (Wildman–Crippen MR) is 507 cm³/mol. The number of Topliss-reactive ketones (excluding diaryl/α,β-unsaturated/α-hetero) is 1. The van der Waals surface area contributed by atoms with Crippen LogP contribution in [0.2, 0.25) is 0 Å². The van der Waals surface area contributed by atoms with E-state index in [1.807, 2.05) is 250 Å². The molecule has 0 radical (unpaired) electrons. The van der Waals surface area contributed by atoms with Crippen LogP contribution in [-0.4, -0.2) is 143 Å². The quantitative estimate of drug-likeness (QED) is 0.0536. The van der Waals surface area contributed by atoms with Crippen molar-refractivity contribution in [3.05, 3.63) is 268 Å². The summed E-state index contributed by atoms with van der Waals surface area (Å²) >= 11 is 5.53. The maximum Gasteiger partial charge on any atom is 0.410 e. The molecule has 3 aliphatic heterocycles. The van der Waals surface area contributed by atoms with Gasteiger partial charge in [-0.15, -0.1) is 0 Å². The number of nitrogens with zero attached hydrogens (tertiary/aromatic N) is 11. The number of nitrogen functional groups attached to an aromatic ring is 1. The molecule has 10 heterocycles. The third-order valence-corrected chi connectivity index (χ3v) is 22.7. The first-order chi connectivity index (χ1) is 59.1. The molecule has 0 atom stereocenters. The Labute approximate surface area is 758 Å². The van der Waals surface area contributed by atoms with Gasteiger partial charge in [-0.1, -0.05) is 72.8 Å². The van der Waals surface area contributed by atoms with Crippen LogP contribution >= 0.6 is 38.5 Å². The van der Waals surface area contributed by atoms with Gasteiger partial charge < -0.3 is 55.1 Å². The topological polar surface area (TPSA) is 292 Å². The maximum atomic E-state index is 12.1. The van der Waals surface area contributed by atoms with Crippen molar-refractivity contribution in [2.24, 2.45) is 0 Å². The number of methoxy groups -OCH3 is 2. The molecular weight excluding hydrogens is 1750 g/mol. The number of fused-ring (bicyclic) bond motifs is 2. The summed E-state index contributed by atoms with van der Waals surface area (Å²) in [6.07, 6.45) is 9.49. The SMILES string of the molecule is CC(C)(C)OC(=O)N1CCC(=O)CC1.Cc1cc(C)nc(Br)c1.Cc1cc(C)nc(C2(O)CCN(C(=O)OC(C)(C)C)CC2)c1.Cc1cc(C)nc(C2(O)CCNCC2)c1.Cc1cc(C)nc(N)c1.[C-]#[N+]c1ccc(-c2cccc3c(OC)c(C4CCC(O)(c5cc(C)cc(C)n5)CC4)cnc23)cc1.[C-]#[N+]c1ccc(-c2cccc3c(OC)c(I)cnc23)cc1. The zero-order valence-corrected chi connectivity index (χ0v) is 79.1. The molecule has 7 aromatic heterocycles. The Balaban J connectivity index is 0.000000174. The monoisotopic (exact) mass is 1870 g/mol. The van der Waals surface area contributed by atoms with E-state index in [-0.39, 0.29) is 23.9 Å². The molecule has 4 aliphatic rings. The molecular formula is C100H119BrIN13O10. The van der Waals surface area contributed by atoms with E-state index in [9.17, 15) is 29.7 Å². The van der Waals surface area contributed by atoms with Crippen molar-refractivity contribution in [3.63, 3.8) is 0 Å². The summed E-state index contributed by atoms with van der Waals surface area (Å²) < 4.78 is 23.9. The number of ketones is 1. The van der Waals surface area contributed by atoms with Crippen molar-refractivity contribution in [1.82, 2.24) is 50.0 Å². The number of hydrogen-bond acceptors (Lipinski definition) is 19. The molecule has 4 fully saturated rings. The fraction of sp³-hybridized carbons (Fsp3) is 0.400. The lowest BCUT2D eigenvalue weighted by molar-refractivity contribution is -0.121. The van der Waals surface area contributed by atoms with Crippen molar-refractivity contribution in [2.45, 2.75) is 209 Å². The number of amides is 2. The first-order valence-corrected chi connectivity index (χ1v) is 44.0. The number of likely N-dealkylation sites (tertiary alicyclic amines) is 2. The lowest BCUT2D eigenvalue weighted by Gasteiger charge is -2.38. The summed E-state index contributed by atoms with van der Waals surface area (Å²) in [6, 6.07) is 47.2. The minimum atomic E-state index is -0.963. The molecule has 1 aliphatic carbocycles. The third kappa shape index (κ3) is 28.0. The molecule has 0 spiro atoms. The molecule has 4 aromatic carbocycles. The molecule has 658 valence electrons. The lowest BCUT2D eigenvalue weighted by atomic mass is 9.74. The fourth-order valence-corrected chi connectivity index (χ4v) is 16.9. The van der Waals surface area contributed by atoms with Crippen LogP contribution in [0.5, 0.6) is 11.5 Å². The average Bonchev–Trinajstić information content (AvgIpc) is 0.763. The number of carbonyl (C=O) groups excluding carboxylic acids is 3. The Morgan fingerprint density at radius 1 is 0.504 bits per heavy atom.